The molecule has 2 aliphatic rings. The maximum atomic E-state index is 11.6. The monoisotopic (exact) mass is 204 g/mol. The second kappa shape index (κ2) is 2.68. The summed E-state index contributed by atoms with van der Waals surface area (Å²) in [6, 6.07) is 0. The zero-order valence-corrected chi connectivity index (χ0v) is 8.25. The lowest BCUT2D eigenvalue weighted by atomic mass is 10.6. The molecule has 5 nitrogen and oxygen atoms in total. The van der Waals surface area contributed by atoms with Crippen LogP contribution in [-0.2, 0) is 14.8 Å². The number of carbonyl (C=O) groups is 1. The van der Waals surface area contributed by atoms with Crippen molar-refractivity contribution < 1.29 is 13.2 Å². The van der Waals surface area contributed by atoms with Gasteiger partial charge in [0.05, 0.1) is 18.5 Å². The van der Waals surface area contributed by atoms with Crippen LogP contribution in [0.25, 0.3) is 0 Å². The Labute approximate surface area is 77.4 Å². The van der Waals surface area contributed by atoms with Gasteiger partial charge in [0, 0.05) is 7.05 Å². The molecule has 74 valence electrons. The number of amides is 1. The molecule has 0 spiro atoms. The summed E-state index contributed by atoms with van der Waals surface area (Å²) in [6.45, 7) is 0.243. The van der Waals surface area contributed by atoms with Crippen LogP contribution < -0.4 is 0 Å². The fraction of sp³-hybridized carbons (Fsp3) is 0.857. The summed E-state index contributed by atoms with van der Waals surface area (Å²) in [5.74, 6) is -0.121. The molecule has 1 heterocycles. The van der Waals surface area contributed by atoms with Gasteiger partial charge in [-0.2, -0.15) is 4.31 Å². The van der Waals surface area contributed by atoms with Crippen LogP contribution in [0.3, 0.4) is 0 Å². The Morgan fingerprint density at radius 3 is 2.38 bits per heavy atom. The summed E-state index contributed by atoms with van der Waals surface area (Å²) in [4.78, 5) is 12.5. The Morgan fingerprint density at radius 2 is 2.00 bits per heavy atom. The highest BCUT2D eigenvalue weighted by Crippen LogP contribution is 2.31. The number of hydrogen-bond acceptors (Lipinski definition) is 3. The summed E-state index contributed by atoms with van der Waals surface area (Å²) in [6.07, 6.45) is 1.49. The zero-order valence-electron chi connectivity index (χ0n) is 7.43. The number of sulfonamides is 1. The van der Waals surface area contributed by atoms with Gasteiger partial charge in [-0.3, -0.25) is 4.79 Å². The van der Waals surface area contributed by atoms with E-state index in [4.69, 9.17) is 0 Å². The second-order valence-corrected chi connectivity index (χ2v) is 5.80. The van der Waals surface area contributed by atoms with E-state index in [1.54, 1.807) is 7.05 Å². The molecule has 0 N–H and O–H groups in total. The van der Waals surface area contributed by atoms with Gasteiger partial charge < -0.3 is 4.90 Å². The average Bonchev–Trinajstić information content (AvgIpc) is 2.81. The van der Waals surface area contributed by atoms with Crippen LogP contribution in [0.5, 0.6) is 0 Å². The summed E-state index contributed by atoms with van der Waals surface area (Å²) >= 11 is 0. The minimum absolute atomic E-state index is 0.0231. The highest BCUT2D eigenvalue weighted by molar-refractivity contribution is 7.90. The van der Waals surface area contributed by atoms with Gasteiger partial charge in [-0.25, -0.2) is 8.42 Å². The van der Waals surface area contributed by atoms with E-state index in [1.807, 2.05) is 0 Å². The van der Waals surface area contributed by atoms with E-state index in [0.717, 1.165) is 12.8 Å². The van der Waals surface area contributed by atoms with Gasteiger partial charge in [0.1, 0.15) is 0 Å². The summed E-state index contributed by atoms with van der Waals surface area (Å²) in [7, 11) is -1.54. The predicted octanol–water partition coefficient (Wildman–Crippen LogP) is -0.790. The summed E-state index contributed by atoms with van der Waals surface area (Å²) in [5.41, 5.74) is 0. The van der Waals surface area contributed by atoms with Crippen LogP contribution >= 0.6 is 0 Å². The molecule has 2 fully saturated rings. The molecule has 6 heteroatoms. The molecule has 0 bridgehead atoms. The Balaban J connectivity index is 2.15. The molecule has 13 heavy (non-hydrogen) atoms. The van der Waals surface area contributed by atoms with Gasteiger partial charge in [0.15, 0.2) is 0 Å². The molecule has 0 aromatic heterocycles. The van der Waals surface area contributed by atoms with E-state index >= 15 is 0 Å². The summed E-state index contributed by atoms with van der Waals surface area (Å²) < 4.78 is 24.5. The lowest BCUT2D eigenvalue weighted by Gasteiger charge is -2.14. The van der Waals surface area contributed by atoms with Gasteiger partial charge in [-0.1, -0.05) is 0 Å². The van der Waals surface area contributed by atoms with Gasteiger partial charge in [-0.15, -0.1) is 0 Å². The van der Waals surface area contributed by atoms with Gasteiger partial charge in [-0.05, 0) is 12.8 Å². The molecular formula is C7H12N2O3S. The molecular weight excluding hydrogens is 192 g/mol. The fourth-order valence-corrected chi connectivity index (χ4v) is 3.16. The molecule has 1 aliphatic carbocycles. The van der Waals surface area contributed by atoms with Crippen LogP contribution in [-0.4, -0.2) is 49.0 Å². The topological polar surface area (TPSA) is 57.7 Å². The Kier molecular flexibility index (Phi) is 1.85. The lowest BCUT2D eigenvalue weighted by Crippen LogP contribution is -2.32. The zero-order chi connectivity index (χ0) is 9.64. The second-order valence-electron chi connectivity index (χ2n) is 3.59. The van der Waals surface area contributed by atoms with E-state index in [0.29, 0.717) is 0 Å². The van der Waals surface area contributed by atoms with Crippen molar-refractivity contribution in [3.05, 3.63) is 0 Å². The smallest absolute Gasteiger partial charge is 0.238 e. The van der Waals surface area contributed by atoms with Crippen molar-refractivity contribution in [3.8, 4) is 0 Å². The van der Waals surface area contributed by atoms with Crippen LogP contribution in [0.1, 0.15) is 12.8 Å². The standard InChI is InChI=1S/C7H12N2O3S/c1-8-5-9(4-7(8)10)13(11,12)6-2-3-6/h6H,2-5H2,1H3. The van der Waals surface area contributed by atoms with Crippen molar-refractivity contribution in [2.45, 2.75) is 18.1 Å². The number of hydrogen-bond donors (Lipinski definition) is 0. The number of likely N-dealkylation sites (N-methyl/N-ethyl adjacent to an activating group) is 1. The third-order valence-electron chi connectivity index (χ3n) is 2.41. The first-order chi connectivity index (χ1) is 6.01. The van der Waals surface area contributed by atoms with Crippen molar-refractivity contribution in [1.29, 1.82) is 0 Å². The van der Waals surface area contributed by atoms with E-state index in [2.05, 4.69) is 0 Å². The largest absolute Gasteiger partial charge is 0.331 e. The maximum absolute atomic E-state index is 11.6. The minimum Gasteiger partial charge on any atom is -0.331 e. The van der Waals surface area contributed by atoms with E-state index < -0.39 is 10.0 Å². The Morgan fingerprint density at radius 1 is 1.38 bits per heavy atom. The highest BCUT2D eigenvalue weighted by atomic mass is 32.2. The predicted molar refractivity (Wildman–Crippen MR) is 46.3 cm³/mol. The number of carbonyl (C=O) groups excluding carboxylic acids is 1. The fourth-order valence-electron chi connectivity index (χ4n) is 1.38. The third-order valence-corrected chi connectivity index (χ3v) is 4.69. The van der Waals surface area contributed by atoms with Gasteiger partial charge in [0.2, 0.25) is 15.9 Å². The number of rotatable bonds is 2. The van der Waals surface area contributed by atoms with Crippen molar-refractivity contribution in [3.63, 3.8) is 0 Å². The third kappa shape index (κ3) is 1.44. The first-order valence-electron chi connectivity index (χ1n) is 4.25. The van der Waals surface area contributed by atoms with Gasteiger partial charge in [0.25, 0.3) is 0 Å². The van der Waals surface area contributed by atoms with E-state index in [1.165, 1.54) is 9.21 Å². The molecule has 1 amide bonds. The first kappa shape index (κ1) is 8.96. The lowest BCUT2D eigenvalue weighted by molar-refractivity contribution is -0.125. The molecule has 2 rings (SSSR count). The first-order valence-corrected chi connectivity index (χ1v) is 5.75. The van der Waals surface area contributed by atoms with Crippen LogP contribution in [0.2, 0.25) is 0 Å². The quantitative estimate of drug-likeness (QED) is 0.592. The van der Waals surface area contributed by atoms with Gasteiger partial charge >= 0.3 is 0 Å². The van der Waals surface area contributed by atoms with Crippen molar-refractivity contribution in [1.82, 2.24) is 9.21 Å². The molecule has 0 atom stereocenters. The molecule has 0 radical (unpaired) electrons. The Bertz CT molecular complexity index is 334. The normalized spacial score (nSPS) is 25.6. The minimum atomic E-state index is -3.16. The molecule has 1 saturated carbocycles. The Hall–Kier alpha value is -0.620. The van der Waals surface area contributed by atoms with Crippen LogP contribution in [0.4, 0.5) is 0 Å². The molecule has 1 aliphatic heterocycles. The maximum Gasteiger partial charge on any atom is 0.238 e. The molecule has 0 aromatic carbocycles. The summed E-state index contributed by atoms with van der Waals surface area (Å²) in [5, 5.41) is -0.216. The van der Waals surface area contributed by atoms with E-state index in [-0.39, 0.29) is 24.4 Å². The van der Waals surface area contributed by atoms with Crippen molar-refractivity contribution in [2.24, 2.45) is 0 Å². The molecule has 1 saturated heterocycles. The number of nitrogens with zero attached hydrogens (tertiary/aromatic N) is 2. The highest BCUT2D eigenvalue weighted by Gasteiger charge is 2.43. The molecule has 0 unspecified atom stereocenters. The van der Waals surface area contributed by atoms with E-state index in [9.17, 15) is 13.2 Å². The molecule has 0 aromatic rings. The van der Waals surface area contributed by atoms with Crippen LogP contribution in [0, 0.1) is 0 Å². The van der Waals surface area contributed by atoms with Crippen molar-refractivity contribution >= 4 is 15.9 Å². The van der Waals surface area contributed by atoms with Crippen LogP contribution in [0.15, 0.2) is 0 Å². The SMILES string of the molecule is CN1CN(S(=O)(=O)C2CC2)CC1=O. The average molecular weight is 204 g/mol. The van der Waals surface area contributed by atoms with Crippen molar-refractivity contribution in [2.75, 3.05) is 20.3 Å².